The number of hydrogen-bond acceptors (Lipinski definition) is 3. The number of halogens is 1. The maximum Gasteiger partial charge on any atom is 0.257 e. The van der Waals surface area contributed by atoms with E-state index in [1.165, 1.54) is 5.56 Å². The van der Waals surface area contributed by atoms with Gasteiger partial charge in [0.25, 0.3) is 5.91 Å². The molecule has 0 unspecified atom stereocenters. The Hall–Kier alpha value is -2.66. The molecule has 0 aliphatic heterocycles. The first-order valence-corrected chi connectivity index (χ1v) is 8.67. The maximum atomic E-state index is 12.5. The van der Waals surface area contributed by atoms with Gasteiger partial charge < -0.3 is 10.6 Å². The summed E-state index contributed by atoms with van der Waals surface area (Å²) in [5.74, 6) is -0.204. The maximum absolute atomic E-state index is 12.5. The summed E-state index contributed by atoms with van der Waals surface area (Å²) in [5.41, 5.74) is 5.25. The van der Waals surface area contributed by atoms with E-state index in [0.29, 0.717) is 5.56 Å². The zero-order valence-electron chi connectivity index (χ0n) is 14.0. The van der Waals surface area contributed by atoms with Crippen molar-refractivity contribution < 1.29 is 4.79 Å². The molecule has 2 aromatic carbocycles. The molecular weight excluding hydrogens is 378 g/mol. The van der Waals surface area contributed by atoms with Crippen molar-refractivity contribution in [2.75, 3.05) is 10.6 Å². The van der Waals surface area contributed by atoms with Gasteiger partial charge in [0, 0.05) is 16.4 Å². The molecule has 3 rings (SSSR count). The van der Waals surface area contributed by atoms with Crippen LogP contribution in [0.4, 0.5) is 17.1 Å². The molecule has 3 aromatic rings. The number of rotatable bonds is 4. The van der Waals surface area contributed by atoms with Gasteiger partial charge >= 0.3 is 0 Å². The zero-order chi connectivity index (χ0) is 17.8. The summed E-state index contributed by atoms with van der Waals surface area (Å²) >= 11 is 3.47. The third-order valence-corrected chi connectivity index (χ3v) is 4.37. The van der Waals surface area contributed by atoms with Crippen LogP contribution in [0.15, 0.2) is 65.4 Å². The second-order valence-electron chi connectivity index (χ2n) is 5.89. The highest BCUT2D eigenvalue weighted by molar-refractivity contribution is 9.10. The fourth-order valence-electron chi connectivity index (χ4n) is 2.35. The monoisotopic (exact) mass is 395 g/mol. The van der Waals surface area contributed by atoms with Gasteiger partial charge in [-0.25, -0.2) is 0 Å². The quantitative estimate of drug-likeness (QED) is 0.616. The number of amides is 1. The van der Waals surface area contributed by atoms with Crippen LogP contribution >= 0.6 is 15.9 Å². The normalized spacial score (nSPS) is 10.4. The first kappa shape index (κ1) is 17.2. The number of pyridine rings is 1. The summed E-state index contributed by atoms with van der Waals surface area (Å²) in [6.07, 6.45) is 3.25. The van der Waals surface area contributed by atoms with E-state index < -0.39 is 0 Å². The third-order valence-electron chi connectivity index (χ3n) is 3.71. The summed E-state index contributed by atoms with van der Waals surface area (Å²) in [5, 5.41) is 6.16. The van der Waals surface area contributed by atoms with Crippen LogP contribution in [-0.4, -0.2) is 10.9 Å². The molecule has 0 saturated heterocycles. The molecule has 5 heteroatoms. The van der Waals surface area contributed by atoms with Crippen molar-refractivity contribution in [2.24, 2.45) is 0 Å². The largest absolute Gasteiger partial charge is 0.354 e. The van der Waals surface area contributed by atoms with E-state index in [9.17, 15) is 4.79 Å². The summed E-state index contributed by atoms with van der Waals surface area (Å²) in [7, 11) is 0. The van der Waals surface area contributed by atoms with Crippen molar-refractivity contribution in [3.63, 3.8) is 0 Å². The number of aromatic nitrogens is 1. The van der Waals surface area contributed by atoms with E-state index in [4.69, 9.17) is 0 Å². The van der Waals surface area contributed by atoms with Crippen molar-refractivity contribution in [1.82, 2.24) is 4.98 Å². The number of nitrogens with one attached hydrogen (secondary N) is 2. The highest BCUT2D eigenvalue weighted by atomic mass is 79.9. The van der Waals surface area contributed by atoms with E-state index in [2.05, 4.69) is 31.5 Å². The average molecular weight is 396 g/mol. The van der Waals surface area contributed by atoms with Gasteiger partial charge in [0.15, 0.2) is 0 Å². The third kappa shape index (κ3) is 4.45. The molecule has 2 N–H and O–H groups in total. The summed E-state index contributed by atoms with van der Waals surface area (Å²) in [6.45, 7) is 4.04. The fourth-order valence-corrected chi connectivity index (χ4v) is 2.94. The summed E-state index contributed by atoms with van der Waals surface area (Å²) < 4.78 is 0.850. The summed E-state index contributed by atoms with van der Waals surface area (Å²) in [4.78, 5) is 16.7. The minimum Gasteiger partial charge on any atom is -0.354 e. The van der Waals surface area contributed by atoms with Crippen LogP contribution in [0.2, 0.25) is 0 Å². The van der Waals surface area contributed by atoms with Crippen molar-refractivity contribution in [2.45, 2.75) is 13.8 Å². The molecule has 0 spiro atoms. The number of carbonyl (C=O) groups excluding carboxylic acids is 1. The van der Waals surface area contributed by atoms with Crippen LogP contribution in [-0.2, 0) is 0 Å². The van der Waals surface area contributed by atoms with Crippen molar-refractivity contribution >= 4 is 38.9 Å². The lowest BCUT2D eigenvalue weighted by Crippen LogP contribution is -2.13. The Morgan fingerprint density at radius 2 is 1.64 bits per heavy atom. The van der Waals surface area contributed by atoms with Gasteiger partial charge in [-0.15, -0.1) is 0 Å². The molecule has 126 valence electrons. The Balaban J connectivity index is 1.76. The molecule has 1 amide bonds. The molecule has 0 bridgehead atoms. The van der Waals surface area contributed by atoms with E-state index >= 15 is 0 Å². The molecule has 0 saturated carbocycles. The first-order chi connectivity index (χ1) is 12.0. The van der Waals surface area contributed by atoms with Crippen molar-refractivity contribution in [1.29, 1.82) is 0 Å². The number of benzene rings is 2. The highest BCUT2D eigenvalue weighted by Gasteiger charge is 2.10. The summed E-state index contributed by atoms with van der Waals surface area (Å²) in [6, 6.07) is 15.6. The number of anilines is 3. The van der Waals surface area contributed by atoms with Crippen molar-refractivity contribution in [3.8, 4) is 0 Å². The predicted octanol–water partition coefficient (Wildman–Crippen LogP) is 5.46. The van der Waals surface area contributed by atoms with E-state index in [-0.39, 0.29) is 5.91 Å². The van der Waals surface area contributed by atoms with E-state index in [1.807, 2.05) is 56.3 Å². The van der Waals surface area contributed by atoms with Crippen LogP contribution in [0.5, 0.6) is 0 Å². The Morgan fingerprint density at radius 3 is 2.36 bits per heavy atom. The lowest BCUT2D eigenvalue weighted by molar-refractivity contribution is 0.102. The van der Waals surface area contributed by atoms with Gasteiger partial charge in [0.1, 0.15) is 0 Å². The fraction of sp³-hybridized carbons (Fsp3) is 0.100. The number of aryl methyl sites for hydroxylation is 2. The van der Waals surface area contributed by atoms with Gasteiger partial charge in [-0.05, 0) is 65.7 Å². The van der Waals surface area contributed by atoms with E-state index in [0.717, 1.165) is 27.1 Å². The molecular formula is C20H18BrN3O. The lowest BCUT2D eigenvalue weighted by Gasteiger charge is -2.10. The van der Waals surface area contributed by atoms with Gasteiger partial charge in [-0.3, -0.25) is 9.78 Å². The van der Waals surface area contributed by atoms with E-state index in [1.54, 1.807) is 18.5 Å². The molecule has 1 aromatic heterocycles. The molecule has 0 radical (unpaired) electrons. The molecule has 0 aliphatic carbocycles. The molecule has 0 aliphatic rings. The second kappa shape index (κ2) is 7.49. The van der Waals surface area contributed by atoms with Crippen LogP contribution in [0.25, 0.3) is 0 Å². The Kier molecular flexibility index (Phi) is 5.14. The van der Waals surface area contributed by atoms with Gasteiger partial charge in [0.05, 0.1) is 23.1 Å². The Bertz CT molecular complexity index is 907. The van der Waals surface area contributed by atoms with Crippen LogP contribution in [0, 0.1) is 13.8 Å². The number of carbonyl (C=O) groups is 1. The molecule has 0 fully saturated rings. The lowest BCUT2D eigenvalue weighted by atomic mass is 10.2. The Labute approximate surface area is 155 Å². The topological polar surface area (TPSA) is 54.0 Å². The first-order valence-electron chi connectivity index (χ1n) is 7.87. The average Bonchev–Trinajstić information content (AvgIpc) is 2.60. The minimum absolute atomic E-state index is 0.204. The molecule has 1 heterocycles. The van der Waals surface area contributed by atoms with Crippen molar-refractivity contribution in [3.05, 3.63) is 82.1 Å². The minimum atomic E-state index is -0.204. The standard InChI is InChI=1S/C20H18BrN3O/c1-13-3-6-16(7-4-13)23-17-10-15(11-22-12-17)20(25)24-19-8-5-14(2)9-18(19)21/h3-12,23H,1-2H3,(H,24,25). The van der Waals surface area contributed by atoms with Crippen LogP contribution in [0.3, 0.4) is 0 Å². The SMILES string of the molecule is Cc1ccc(Nc2cncc(C(=O)Nc3ccc(C)cc3Br)c2)cc1. The zero-order valence-corrected chi connectivity index (χ0v) is 15.6. The molecule has 0 atom stereocenters. The highest BCUT2D eigenvalue weighted by Crippen LogP contribution is 2.24. The van der Waals surface area contributed by atoms with Gasteiger partial charge in [-0.1, -0.05) is 23.8 Å². The smallest absolute Gasteiger partial charge is 0.257 e. The predicted molar refractivity (Wildman–Crippen MR) is 106 cm³/mol. The Morgan fingerprint density at radius 1 is 0.920 bits per heavy atom. The molecule has 25 heavy (non-hydrogen) atoms. The number of hydrogen-bond donors (Lipinski definition) is 2. The van der Waals surface area contributed by atoms with Gasteiger partial charge in [0.2, 0.25) is 0 Å². The van der Waals surface area contributed by atoms with Crippen LogP contribution < -0.4 is 10.6 Å². The van der Waals surface area contributed by atoms with Crippen LogP contribution in [0.1, 0.15) is 21.5 Å². The molecule has 4 nitrogen and oxygen atoms in total. The second-order valence-corrected chi connectivity index (χ2v) is 6.75. The number of nitrogens with zero attached hydrogens (tertiary/aromatic N) is 1. The van der Waals surface area contributed by atoms with Gasteiger partial charge in [-0.2, -0.15) is 0 Å².